The minimum Gasteiger partial charge on any atom is -0.394 e. The van der Waals surface area contributed by atoms with Crippen molar-refractivity contribution in [3.63, 3.8) is 0 Å². The lowest BCUT2D eigenvalue weighted by atomic mass is 10.3. The van der Waals surface area contributed by atoms with Crippen molar-refractivity contribution >= 4 is 5.91 Å². The second-order valence-corrected chi connectivity index (χ2v) is 2.75. The van der Waals surface area contributed by atoms with Gasteiger partial charge in [0, 0.05) is 25.2 Å². The summed E-state index contributed by atoms with van der Waals surface area (Å²) < 4.78 is 1.64. The van der Waals surface area contributed by atoms with E-state index in [1.54, 1.807) is 17.1 Å². The summed E-state index contributed by atoms with van der Waals surface area (Å²) in [6.45, 7) is 2.51. The number of rotatable bonds is 4. The van der Waals surface area contributed by atoms with E-state index in [2.05, 4.69) is 10.4 Å². The Bertz CT molecular complexity index is 283. The fourth-order valence-corrected chi connectivity index (χ4v) is 0.949. The van der Waals surface area contributed by atoms with Crippen LogP contribution < -0.4 is 5.32 Å². The van der Waals surface area contributed by atoms with Crippen molar-refractivity contribution < 1.29 is 9.90 Å². The van der Waals surface area contributed by atoms with Crippen LogP contribution in [0.3, 0.4) is 0 Å². The molecule has 0 radical (unpaired) electrons. The smallest absolute Gasteiger partial charge is 0.217 e. The van der Waals surface area contributed by atoms with Crippen molar-refractivity contribution in [1.82, 2.24) is 15.1 Å². The molecule has 0 saturated heterocycles. The molecule has 0 aromatic carbocycles. The zero-order valence-electron chi connectivity index (χ0n) is 7.53. The molecular formula is C8H13N3O2. The molecular weight excluding hydrogens is 170 g/mol. The monoisotopic (exact) mass is 183 g/mol. The Morgan fingerprint density at radius 3 is 3.15 bits per heavy atom. The molecule has 5 heteroatoms. The number of carbonyl (C=O) groups is 1. The second kappa shape index (κ2) is 4.61. The van der Waals surface area contributed by atoms with Crippen LogP contribution in [0.5, 0.6) is 0 Å². The number of amides is 1. The maximum Gasteiger partial charge on any atom is 0.217 e. The van der Waals surface area contributed by atoms with Gasteiger partial charge in [-0.1, -0.05) is 0 Å². The van der Waals surface area contributed by atoms with Crippen LogP contribution in [0.15, 0.2) is 12.4 Å². The summed E-state index contributed by atoms with van der Waals surface area (Å²) in [6, 6.07) is 0. The second-order valence-electron chi connectivity index (χ2n) is 2.75. The van der Waals surface area contributed by atoms with E-state index in [0.29, 0.717) is 13.1 Å². The van der Waals surface area contributed by atoms with E-state index >= 15 is 0 Å². The molecule has 0 aliphatic rings. The van der Waals surface area contributed by atoms with Crippen molar-refractivity contribution in [3.05, 3.63) is 18.0 Å². The molecule has 1 aromatic rings. The highest BCUT2D eigenvalue weighted by Crippen LogP contribution is 1.96. The van der Waals surface area contributed by atoms with E-state index in [1.807, 2.05) is 0 Å². The van der Waals surface area contributed by atoms with Gasteiger partial charge in [0.25, 0.3) is 0 Å². The molecule has 1 amide bonds. The van der Waals surface area contributed by atoms with Gasteiger partial charge in [-0.05, 0) is 0 Å². The van der Waals surface area contributed by atoms with Gasteiger partial charge in [0.2, 0.25) is 5.91 Å². The Labute approximate surface area is 76.4 Å². The number of aliphatic hydroxyl groups is 1. The van der Waals surface area contributed by atoms with Crippen LogP contribution >= 0.6 is 0 Å². The van der Waals surface area contributed by atoms with Crippen LogP contribution in [-0.4, -0.2) is 27.4 Å². The molecule has 0 aliphatic heterocycles. The van der Waals surface area contributed by atoms with Crippen LogP contribution in [0.25, 0.3) is 0 Å². The Hall–Kier alpha value is -1.36. The molecule has 0 unspecified atom stereocenters. The normalized spacial score (nSPS) is 10.0. The number of carbonyl (C=O) groups excluding carboxylic acids is 1. The van der Waals surface area contributed by atoms with Gasteiger partial charge in [-0.15, -0.1) is 0 Å². The maximum absolute atomic E-state index is 10.6. The highest BCUT2D eigenvalue weighted by molar-refractivity contribution is 5.72. The Morgan fingerprint density at radius 2 is 2.54 bits per heavy atom. The maximum atomic E-state index is 10.6. The largest absolute Gasteiger partial charge is 0.394 e. The van der Waals surface area contributed by atoms with Gasteiger partial charge in [0.05, 0.1) is 19.3 Å². The summed E-state index contributed by atoms with van der Waals surface area (Å²) in [6.07, 6.45) is 3.47. The van der Waals surface area contributed by atoms with Crippen LogP contribution in [0.2, 0.25) is 0 Å². The third kappa shape index (κ3) is 3.25. The fourth-order valence-electron chi connectivity index (χ4n) is 0.949. The molecule has 0 bridgehead atoms. The van der Waals surface area contributed by atoms with Gasteiger partial charge in [-0.2, -0.15) is 5.10 Å². The topological polar surface area (TPSA) is 67.2 Å². The number of hydrogen-bond acceptors (Lipinski definition) is 3. The summed E-state index contributed by atoms with van der Waals surface area (Å²) in [4.78, 5) is 10.6. The SMILES string of the molecule is CC(=O)NCc1cnn(CCO)c1. The lowest BCUT2D eigenvalue weighted by Gasteiger charge is -1.97. The quantitative estimate of drug-likeness (QED) is 0.662. The number of aliphatic hydroxyl groups excluding tert-OH is 1. The molecule has 0 fully saturated rings. The average Bonchev–Trinajstić information content (AvgIpc) is 2.50. The summed E-state index contributed by atoms with van der Waals surface area (Å²) in [5.74, 6) is -0.0603. The third-order valence-electron chi connectivity index (χ3n) is 1.56. The molecule has 2 N–H and O–H groups in total. The minimum absolute atomic E-state index is 0.0603. The van der Waals surface area contributed by atoms with E-state index in [1.165, 1.54) is 6.92 Å². The predicted octanol–water partition coefficient (Wildman–Crippen LogP) is -0.489. The Balaban J connectivity index is 2.44. The average molecular weight is 183 g/mol. The Kier molecular flexibility index (Phi) is 3.45. The summed E-state index contributed by atoms with van der Waals surface area (Å²) >= 11 is 0. The first kappa shape index (κ1) is 9.73. The van der Waals surface area contributed by atoms with E-state index in [0.717, 1.165) is 5.56 Å². The molecule has 0 spiro atoms. The lowest BCUT2D eigenvalue weighted by Crippen LogP contribution is -2.18. The molecule has 0 aliphatic carbocycles. The van der Waals surface area contributed by atoms with Crippen LogP contribution in [0.4, 0.5) is 0 Å². The third-order valence-corrected chi connectivity index (χ3v) is 1.56. The number of nitrogens with one attached hydrogen (secondary N) is 1. The highest BCUT2D eigenvalue weighted by Gasteiger charge is 1.98. The van der Waals surface area contributed by atoms with Gasteiger partial charge in [-0.25, -0.2) is 0 Å². The first-order valence-electron chi connectivity index (χ1n) is 4.09. The van der Waals surface area contributed by atoms with E-state index in [4.69, 9.17) is 5.11 Å². The molecule has 1 heterocycles. The predicted molar refractivity (Wildman–Crippen MR) is 46.8 cm³/mol. The molecule has 72 valence electrons. The van der Waals surface area contributed by atoms with Gasteiger partial charge >= 0.3 is 0 Å². The molecule has 0 atom stereocenters. The number of aromatic nitrogens is 2. The molecule has 13 heavy (non-hydrogen) atoms. The highest BCUT2D eigenvalue weighted by atomic mass is 16.3. The zero-order valence-corrected chi connectivity index (χ0v) is 7.53. The van der Waals surface area contributed by atoms with Gasteiger partial charge in [0.1, 0.15) is 0 Å². The van der Waals surface area contributed by atoms with Crippen LogP contribution in [0.1, 0.15) is 12.5 Å². The van der Waals surface area contributed by atoms with E-state index < -0.39 is 0 Å². The Morgan fingerprint density at radius 1 is 1.77 bits per heavy atom. The zero-order chi connectivity index (χ0) is 9.68. The van der Waals surface area contributed by atoms with Gasteiger partial charge < -0.3 is 10.4 Å². The first-order chi connectivity index (χ1) is 6.22. The first-order valence-corrected chi connectivity index (χ1v) is 4.09. The number of hydrogen-bond donors (Lipinski definition) is 2. The summed E-state index contributed by atoms with van der Waals surface area (Å²) in [7, 11) is 0. The van der Waals surface area contributed by atoms with Crippen molar-refractivity contribution in [2.75, 3.05) is 6.61 Å². The lowest BCUT2D eigenvalue weighted by molar-refractivity contribution is -0.119. The van der Waals surface area contributed by atoms with E-state index in [-0.39, 0.29) is 12.5 Å². The van der Waals surface area contributed by atoms with Gasteiger partial charge in [0.15, 0.2) is 0 Å². The summed E-state index contributed by atoms with van der Waals surface area (Å²) in [5, 5.41) is 15.3. The van der Waals surface area contributed by atoms with Gasteiger partial charge in [-0.3, -0.25) is 9.48 Å². The van der Waals surface area contributed by atoms with E-state index in [9.17, 15) is 4.79 Å². The van der Waals surface area contributed by atoms with Crippen molar-refractivity contribution in [3.8, 4) is 0 Å². The van der Waals surface area contributed by atoms with Crippen LogP contribution in [0, 0.1) is 0 Å². The van der Waals surface area contributed by atoms with Crippen molar-refractivity contribution in [2.24, 2.45) is 0 Å². The fraction of sp³-hybridized carbons (Fsp3) is 0.500. The summed E-state index contributed by atoms with van der Waals surface area (Å²) in [5.41, 5.74) is 0.934. The molecule has 0 saturated carbocycles. The molecule has 1 rings (SSSR count). The molecule has 5 nitrogen and oxygen atoms in total. The van der Waals surface area contributed by atoms with Crippen LogP contribution in [-0.2, 0) is 17.9 Å². The standard InChI is InChI=1S/C8H13N3O2/c1-7(13)9-4-8-5-10-11(6-8)2-3-12/h5-6,12H,2-4H2,1H3,(H,9,13). The van der Waals surface area contributed by atoms with Crippen molar-refractivity contribution in [1.29, 1.82) is 0 Å². The minimum atomic E-state index is -0.0603. The van der Waals surface area contributed by atoms with Crippen molar-refractivity contribution in [2.45, 2.75) is 20.0 Å². The molecule has 1 aromatic heterocycles. The number of nitrogens with zero attached hydrogens (tertiary/aromatic N) is 2.